The Labute approximate surface area is 124 Å². The molecule has 0 spiro atoms. The first-order chi connectivity index (χ1) is 10.2. The minimum Gasteiger partial charge on any atom is -0.490 e. The van der Waals surface area contributed by atoms with E-state index in [0.29, 0.717) is 32.1 Å². The summed E-state index contributed by atoms with van der Waals surface area (Å²) in [5.74, 6) is 1.39. The number of amides is 1. The predicted octanol–water partition coefficient (Wildman–Crippen LogP) is 1.41. The largest absolute Gasteiger partial charge is 0.490 e. The van der Waals surface area contributed by atoms with Crippen LogP contribution in [0.25, 0.3) is 0 Å². The topological polar surface area (TPSA) is 68.8 Å². The zero-order valence-corrected chi connectivity index (χ0v) is 12.5. The molecule has 2 N–H and O–H groups in total. The number of hydrogen-bond donors (Lipinski definition) is 2. The van der Waals surface area contributed by atoms with Gasteiger partial charge in [0.25, 0.3) is 0 Å². The summed E-state index contributed by atoms with van der Waals surface area (Å²) in [6.07, 6.45) is 0.871. The summed E-state index contributed by atoms with van der Waals surface area (Å²) in [6.45, 7) is 4.12. The molecule has 0 aliphatic carbocycles. The summed E-state index contributed by atoms with van der Waals surface area (Å²) in [5.41, 5.74) is 0.827. The molecule has 0 bridgehead atoms. The highest BCUT2D eigenvalue weighted by atomic mass is 16.5. The van der Waals surface area contributed by atoms with E-state index in [4.69, 9.17) is 14.2 Å². The molecule has 1 aromatic carbocycles. The van der Waals surface area contributed by atoms with Gasteiger partial charge in [-0.15, -0.1) is 0 Å². The second kappa shape index (κ2) is 7.73. The molecule has 1 heterocycles. The van der Waals surface area contributed by atoms with Gasteiger partial charge in [0.15, 0.2) is 11.5 Å². The predicted molar refractivity (Wildman–Crippen MR) is 80.0 cm³/mol. The van der Waals surface area contributed by atoms with Crippen molar-refractivity contribution in [1.29, 1.82) is 0 Å². The molecule has 0 radical (unpaired) electrons. The van der Waals surface area contributed by atoms with Crippen LogP contribution in [0.5, 0.6) is 11.5 Å². The van der Waals surface area contributed by atoms with Gasteiger partial charge in [0.1, 0.15) is 6.04 Å². The van der Waals surface area contributed by atoms with E-state index in [-0.39, 0.29) is 11.9 Å². The number of carbonyl (C=O) groups excluding carboxylic acids is 1. The third-order valence-corrected chi connectivity index (χ3v) is 3.13. The lowest BCUT2D eigenvalue weighted by molar-refractivity contribution is -0.121. The zero-order valence-electron chi connectivity index (χ0n) is 12.5. The quantitative estimate of drug-likeness (QED) is 0.776. The molecule has 0 fully saturated rings. The Morgan fingerprint density at radius 2 is 2.10 bits per heavy atom. The van der Waals surface area contributed by atoms with E-state index in [1.807, 2.05) is 25.1 Å². The second-order valence-electron chi connectivity index (χ2n) is 4.86. The molecule has 1 amide bonds. The van der Waals surface area contributed by atoms with Gasteiger partial charge in [-0.25, -0.2) is 0 Å². The summed E-state index contributed by atoms with van der Waals surface area (Å²) in [5, 5.41) is 5.94. The molecule has 1 unspecified atom stereocenters. The third-order valence-electron chi connectivity index (χ3n) is 3.13. The Morgan fingerprint density at radius 1 is 1.33 bits per heavy atom. The number of rotatable bonds is 6. The number of hydrogen-bond acceptors (Lipinski definition) is 5. The molecule has 1 aromatic rings. The Bertz CT molecular complexity index is 479. The van der Waals surface area contributed by atoms with E-state index >= 15 is 0 Å². The van der Waals surface area contributed by atoms with Crippen LogP contribution in [0.2, 0.25) is 0 Å². The molecule has 1 aliphatic rings. The molecule has 21 heavy (non-hydrogen) atoms. The maximum Gasteiger partial charge on any atom is 0.242 e. The Hall–Kier alpha value is -1.95. The maximum absolute atomic E-state index is 11.9. The van der Waals surface area contributed by atoms with Gasteiger partial charge in [-0.2, -0.15) is 0 Å². The smallest absolute Gasteiger partial charge is 0.242 e. The Balaban J connectivity index is 1.93. The minimum absolute atomic E-state index is 0.0702. The molecule has 116 valence electrons. The number of ether oxygens (including phenoxy) is 3. The average Bonchev–Trinajstić information content (AvgIpc) is 2.72. The normalized spacial score (nSPS) is 15.0. The van der Waals surface area contributed by atoms with Crippen molar-refractivity contribution in [1.82, 2.24) is 5.32 Å². The number of anilines is 1. The summed E-state index contributed by atoms with van der Waals surface area (Å²) in [7, 11) is 1.60. The van der Waals surface area contributed by atoms with Gasteiger partial charge < -0.3 is 24.8 Å². The highest BCUT2D eigenvalue weighted by Crippen LogP contribution is 2.32. The van der Waals surface area contributed by atoms with E-state index < -0.39 is 0 Å². The van der Waals surface area contributed by atoms with Crippen LogP contribution in [-0.2, 0) is 9.53 Å². The van der Waals surface area contributed by atoms with Crippen LogP contribution in [0.1, 0.15) is 13.3 Å². The van der Waals surface area contributed by atoms with E-state index in [9.17, 15) is 4.79 Å². The maximum atomic E-state index is 11.9. The number of benzene rings is 1. The van der Waals surface area contributed by atoms with Crippen LogP contribution in [0.15, 0.2) is 18.2 Å². The zero-order chi connectivity index (χ0) is 15.1. The number of nitrogens with one attached hydrogen (secondary N) is 2. The molecular weight excluding hydrogens is 272 g/mol. The minimum atomic E-state index is -0.341. The fraction of sp³-hybridized carbons (Fsp3) is 0.533. The Morgan fingerprint density at radius 3 is 2.86 bits per heavy atom. The van der Waals surface area contributed by atoms with Crippen molar-refractivity contribution in [3.63, 3.8) is 0 Å². The fourth-order valence-electron chi connectivity index (χ4n) is 2.00. The van der Waals surface area contributed by atoms with Gasteiger partial charge in [0.2, 0.25) is 5.91 Å². The molecule has 0 saturated carbocycles. The van der Waals surface area contributed by atoms with E-state index in [1.165, 1.54) is 0 Å². The van der Waals surface area contributed by atoms with Crippen molar-refractivity contribution >= 4 is 11.6 Å². The highest BCUT2D eigenvalue weighted by molar-refractivity contribution is 5.84. The monoisotopic (exact) mass is 294 g/mol. The second-order valence-corrected chi connectivity index (χ2v) is 4.86. The molecule has 1 aliphatic heterocycles. The first-order valence-electron chi connectivity index (χ1n) is 7.13. The van der Waals surface area contributed by atoms with Crippen LogP contribution in [0.4, 0.5) is 5.69 Å². The molecule has 6 nitrogen and oxygen atoms in total. The van der Waals surface area contributed by atoms with E-state index in [0.717, 1.165) is 17.9 Å². The molecular formula is C15H22N2O4. The summed E-state index contributed by atoms with van der Waals surface area (Å²) in [6, 6.07) is 5.26. The SMILES string of the molecule is COCCNC(=O)C(C)Nc1ccc2c(c1)OCCCO2. The van der Waals surface area contributed by atoms with Gasteiger partial charge in [0, 0.05) is 31.8 Å². The van der Waals surface area contributed by atoms with Gasteiger partial charge in [-0.1, -0.05) is 0 Å². The van der Waals surface area contributed by atoms with Crippen molar-refractivity contribution in [2.45, 2.75) is 19.4 Å². The van der Waals surface area contributed by atoms with Crippen LogP contribution in [0.3, 0.4) is 0 Å². The van der Waals surface area contributed by atoms with Crippen molar-refractivity contribution < 1.29 is 19.0 Å². The van der Waals surface area contributed by atoms with Crippen LogP contribution >= 0.6 is 0 Å². The standard InChI is InChI=1S/C15H22N2O4/c1-11(15(18)16-6-9-19-2)17-12-4-5-13-14(10-12)21-8-3-7-20-13/h4-5,10-11,17H,3,6-9H2,1-2H3,(H,16,18). The number of carbonyl (C=O) groups is 1. The third kappa shape index (κ3) is 4.53. The van der Waals surface area contributed by atoms with Gasteiger partial charge >= 0.3 is 0 Å². The van der Waals surface area contributed by atoms with Crippen molar-refractivity contribution in [3.05, 3.63) is 18.2 Å². The Kier molecular flexibility index (Phi) is 5.68. The van der Waals surface area contributed by atoms with Crippen molar-refractivity contribution in [2.75, 3.05) is 38.8 Å². The summed E-state index contributed by atoms with van der Waals surface area (Å²) >= 11 is 0. The molecule has 2 rings (SSSR count). The van der Waals surface area contributed by atoms with E-state index in [2.05, 4.69) is 10.6 Å². The lowest BCUT2D eigenvalue weighted by Crippen LogP contribution is -2.39. The highest BCUT2D eigenvalue weighted by Gasteiger charge is 2.14. The fourth-order valence-corrected chi connectivity index (χ4v) is 2.00. The van der Waals surface area contributed by atoms with E-state index in [1.54, 1.807) is 7.11 Å². The van der Waals surface area contributed by atoms with Crippen LogP contribution < -0.4 is 20.1 Å². The van der Waals surface area contributed by atoms with Crippen LogP contribution in [-0.4, -0.2) is 45.4 Å². The van der Waals surface area contributed by atoms with Crippen LogP contribution in [0, 0.1) is 0 Å². The van der Waals surface area contributed by atoms with Crippen molar-refractivity contribution in [2.24, 2.45) is 0 Å². The number of methoxy groups -OCH3 is 1. The molecule has 0 aromatic heterocycles. The summed E-state index contributed by atoms with van der Waals surface area (Å²) in [4.78, 5) is 11.9. The lowest BCUT2D eigenvalue weighted by Gasteiger charge is -2.16. The molecule has 0 saturated heterocycles. The van der Waals surface area contributed by atoms with Crippen molar-refractivity contribution in [3.8, 4) is 11.5 Å². The van der Waals surface area contributed by atoms with Gasteiger partial charge in [-0.05, 0) is 19.1 Å². The summed E-state index contributed by atoms with van der Waals surface area (Å²) < 4.78 is 16.1. The van der Waals surface area contributed by atoms with Gasteiger partial charge in [0.05, 0.1) is 19.8 Å². The molecule has 6 heteroatoms. The first-order valence-corrected chi connectivity index (χ1v) is 7.13. The molecule has 1 atom stereocenters. The lowest BCUT2D eigenvalue weighted by atomic mass is 10.2. The average molecular weight is 294 g/mol. The van der Waals surface area contributed by atoms with Gasteiger partial charge in [-0.3, -0.25) is 4.79 Å². The number of fused-ring (bicyclic) bond motifs is 1. The first kappa shape index (κ1) is 15.4.